The molecule has 0 unspecified atom stereocenters. The number of hydrogen-bond donors (Lipinski definition) is 4. The number of sulfonamides is 1. The first-order chi connectivity index (χ1) is 16.1. The van der Waals surface area contributed by atoms with Crippen molar-refractivity contribution in [2.24, 2.45) is 0 Å². The maximum atomic E-state index is 14.1. The fraction of sp³-hybridized carbons (Fsp3) is 0.136. The van der Waals surface area contributed by atoms with E-state index in [2.05, 4.69) is 15.6 Å². The number of aromatic amines is 1. The van der Waals surface area contributed by atoms with Crippen molar-refractivity contribution in [1.29, 1.82) is 0 Å². The van der Waals surface area contributed by atoms with Gasteiger partial charge in [-0.3, -0.25) is 4.79 Å². The number of carbonyl (C=O) groups excluding carboxylic acids is 1. The summed E-state index contributed by atoms with van der Waals surface area (Å²) in [6, 6.07) is 9.95. The lowest BCUT2D eigenvalue weighted by atomic mass is 10.2. The minimum atomic E-state index is -4.02. The minimum absolute atomic E-state index is 0. The molecule has 0 atom stereocenters. The van der Waals surface area contributed by atoms with E-state index in [1.165, 1.54) is 43.4 Å². The molecular weight excluding hydrogens is 497 g/mol. The van der Waals surface area contributed by atoms with Gasteiger partial charge in [-0.2, -0.15) is 0 Å². The van der Waals surface area contributed by atoms with Gasteiger partial charge in [-0.15, -0.1) is 11.3 Å². The quantitative estimate of drug-likeness (QED) is 0.318. The van der Waals surface area contributed by atoms with E-state index in [4.69, 9.17) is 0 Å². The molecule has 0 aliphatic carbocycles. The number of rotatable bonds is 5. The Morgan fingerprint density at radius 1 is 1.09 bits per heavy atom. The third kappa shape index (κ3) is 5.10. The number of nitrogens with zero attached hydrogens (tertiary/aromatic N) is 1. The van der Waals surface area contributed by atoms with Gasteiger partial charge in [-0.25, -0.2) is 31.7 Å². The number of carbonyl (C=O) groups is 1. The Bertz CT molecular complexity index is 1640. The molecule has 2 heterocycles. The van der Waals surface area contributed by atoms with Gasteiger partial charge < -0.3 is 15.6 Å². The Kier molecular flexibility index (Phi) is 7.12. The Morgan fingerprint density at radius 2 is 1.77 bits per heavy atom. The van der Waals surface area contributed by atoms with Crippen LogP contribution in [0, 0.1) is 12.7 Å². The molecule has 13 heteroatoms. The normalized spacial score (nSPS) is 11.1. The van der Waals surface area contributed by atoms with Crippen molar-refractivity contribution in [1.82, 2.24) is 14.3 Å². The van der Waals surface area contributed by atoms with Crippen molar-refractivity contribution in [2.75, 3.05) is 17.7 Å². The maximum absolute atomic E-state index is 14.1. The van der Waals surface area contributed by atoms with Gasteiger partial charge in [-0.1, -0.05) is 7.43 Å². The number of benzene rings is 2. The standard InChI is InChI=1S/C21H18FN5O5S2.CH4/c1-11-3-8-18(33-11)34(31,32)26-20(29)24-12-4-6-13(7-5-12)27-19(28)14-9-15(22)17(23-2)10-16(14)25-21(27)30;/h3-10,23H,1-2H3,(H,25,30)(H2,24,26,29);1H4. The lowest BCUT2D eigenvalue weighted by Crippen LogP contribution is -2.34. The Hall–Kier alpha value is -3.97. The third-order valence-electron chi connectivity index (χ3n) is 4.85. The summed E-state index contributed by atoms with van der Waals surface area (Å²) in [6.45, 7) is 1.74. The molecule has 0 fully saturated rings. The van der Waals surface area contributed by atoms with E-state index in [1.54, 1.807) is 13.0 Å². The molecule has 10 nitrogen and oxygen atoms in total. The first-order valence-electron chi connectivity index (χ1n) is 9.76. The van der Waals surface area contributed by atoms with Crippen molar-refractivity contribution in [2.45, 2.75) is 18.6 Å². The van der Waals surface area contributed by atoms with Crippen LogP contribution in [0.4, 0.5) is 20.6 Å². The number of H-pyrrole nitrogens is 1. The first kappa shape index (κ1) is 25.6. The number of fused-ring (bicyclic) bond motifs is 1. The molecule has 0 radical (unpaired) electrons. The van der Waals surface area contributed by atoms with Crippen LogP contribution >= 0.6 is 11.3 Å². The molecule has 4 aromatic rings. The second-order valence-corrected chi connectivity index (χ2v) is 10.4. The number of thiophene rings is 1. The van der Waals surface area contributed by atoms with E-state index < -0.39 is 33.1 Å². The highest BCUT2D eigenvalue weighted by Crippen LogP contribution is 2.21. The van der Waals surface area contributed by atoms with Crippen molar-refractivity contribution in [3.8, 4) is 5.69 Å². The lowest BCUT2D eigenvalue weighted by molar-refractivity contribution is 0.256. The van der Waals surface area contributed by atoms with Crippen LogP contribution in [0.25, 0.3) is 16.6 Å². The van der Waals surface area contributed by atoms with E-state index in [1.807, 2.05) is 4.72 Å². The monoisotopic (exact) mass is 519 g/mol. The van der Waals surface area contributed by atoms with Crippen LogP contribution in [0.5, 0.6) is 0 Å². The van der Waals surface area contributed by atoms with Crippen molar-refractivity contribution >= 4 is 49.7 Å². The average Bonchev–Trinajstić information content (AvgIpc) is 3.22. The summed E-state index contributed by atoms with van der Waals surface area (Å²) < 4.78 is 41.4. The average molecular weight is 520 g/mol. The molecule has 2 aromatic heterocycles. The number of aromatic nitrogens is 2. The summed E-state index contributed by atoms with van der Waals surface area (Å²) in [5.41, 5.74) is -0.773. The SMILES string of the molecule is C.CNc1cc2[nH]c(=O)n(-c3ccc(NC(=O)NS(=O)(=O)c4ccc(C)s4)cc3)c(=O)c2cc1F. The van der Waals surface area contributed by atoms with E-state index >= 15 is 0 Å². The molecular formula is C22H22FN5O5S2. The van der Waals surface area contributed by atoms with Crippen LogP contribution in [0.3, 0.4) is 0 Å². The number of urea groups is 1. The zero-order chi connectivity index (χ0) is 24.6. The second-order valence-electron chi connectivity index (χ2n) is 7.17. The lowest BCUT2D eigenvalue weighted by Gasteiger charge is -2.10. The van der Waals surface area contributed by atoms with E-state index in [-0.39, 0.29) is 39.6 Å². The second kappa shape index (κ2) is 9.72. The number of anilines is 2. The van der Waals surface area contributed by atoms with Gasteiger partial charge in [0.2, 0.25) is 0 Å². The molecule has 4 rings (SSSR count). The minimum Gasteiger partial charge on any atom is -0.386 e. The summed E-state index contributed by atoms with van der Waals surface area (Å²) in [5, 5.41) is 4.99. The smallest absolute Gasteiger partial charge is 0.333 e. The molecule has 0 spiro atoms. The van der Waals surface area contributed by atoms with Crippen LogP contribution in [-0.2, 0) is 10.0 Å². The maximum Gasteiger partial charge on any atom is 0.333 e. The molecule has 184 valence electrons. The highest BCUT2D eigenvalue weighted by atomic mass is 32.2. The highest BCUT2D eigenvalue weighted by molar-refractivity contribution is 7.92. The fourth-order valence-corrected chi connectivity index (χ4v) is 5.43. The predicted octanol–water partition coefficient (Wildman–Crippen LogP) is 3.38. The molecule has 0 bridgehead atoms. The summed E-state index contributed by atoms with van der Waals surface area (Å²) in [7, 11) is -2.51. The van der Waals surface area contributed by atoms with Crippen LogP contribution in [0.1, 0.15) is 12.3 Å². The molecule has 2 amide bonds. The van der Waals surface area contributed by atoms with Gasteiger partial charge in [0.15, 0.2) is 0 Å². The molecule has 0 saturated heterocycles. The van der Waals surface area contributed by atoms with Crippen LogP contribution in [0.15, 0.2) is 62.3 Å². The van der Waals surface area contributed by atoms with Crippen LogP contribution < -0.4 is 26.6 Å². The topological polar surface area (TPSA) is 142 Å². The number of amides is 2. The summed E-state index contributed by atoms with van der Waals surface area (Å²) in [4.78, 5) is 40.9. The van der Waals surface area contributed by atoms with E-state index in [0.717, 1.165) is 26.8 Å². The van der Waals surface area contributed by atoms with Gasteiger partial charge in [0.25, 0.3) is 15.6 Å². The number of halogens is 1. The number of hydrogen-bond acceptors (Lipinski definition) is 7. The molecule has 0 saturated carbocycles. The van der Waals surface area contributed by atoms with Crippen molar-refractivity contribution < 1.29 is 17.6 Å². The third-order valence-corrected chi connectivity index (χ3v) is 7.67. The zero-order valence-electron chi connectivity index (χ0n) is 17.8. The van der Waals surface area contributed by atoms with Gasteiger partial charge >= 0.3 is 11.7 Å². The van der Waals surface area contributed by atoms with Gasteiger partial charge in [0.1, 0.15) is 10.0 Å². The Morgan fingerprint density at radius 3 is 2.37 bits per heavy atom. The van der Waals surface area contributed by atoms with Gasteiger partial charge in [-0.05, 0) is 55.5 Å². The van der Waals surface area contributed by atoms with E-state index in [9.17, 15) is 27.2 Å². The molecule has 0 aliphatic heterocycles. The van der Waals surface area contributed by atoms with Crippen LogP contribution in [-0.4, -0.2) is 31.0 Å². The summed E-state index contributed by atoms with van der Waals surface area (Å²) >= 11 is 1.03. The number of nitrogens with one attached hydrogen (secondary N) is 4. The molecule has 0 aliphatic rings. The molecule has 35 heavy (non-hydrogen) atoms. The highest BCUT2D eigenvalue weighted by Gasteiger charge is 2.19. The van der Waals surface area contributed by atoms with E-state index in [0.29, 0.717) is 0 Å². The Labute approximate surface area is 203 Å². The van der Waals surface area contributed by atoms with Crippen molar-refractivity contribution in [3.05, 3.63) is 80.1 Å². The van der Waals surface area contributed by atoms with Crippen molar-refractivity contribution in [3.63, 3.8) is 0 Å². The Balaban J connectivity index is 0.00000342. The summed E-state index contributed by atoms with van der Waals surface area (Å²) in [5.74, 6) is -0.649. The fourth-order valence-electron chi connectivity index (χ4n) is 3.24. The zero-order valence-corrected chi connectivity index (χ0v) is 19.4. The van der Waals surface area contributed by atoms with Gasteiger partial charge in [0.05, 0.1) is 22.3 Å². The number of aryl methyl sites for hydroxylation is 1. The van der Waals surface area contributed by atoms with Crippen LogP contribution in [0.2, 0.25) is 0 Å². The largest absolute Gasteiger partial charge is 0.386 e. The molecule has 4 N–H and O–H groups in total. The summed E-state index contributed by atoms with van der Waals surface area (Å²) in [6.07, 6.45) is 0. The molecule has 2 aromatic carbocycles. The first-order valence-corrected chi connectivity index (χ1v) is 12.1. The predicted molar refractivity (Wildman–Crippen MR) is 135 cm³/mol. The van der Waals surface area contributed by atoms with Gasteiger partial charge in [0, 0.05) is 17.6 Å².